The average molecular weight is 496 g/mol. The summed E-state index contributed by atoms with van der Waals surface area (Å²) in [5.74, 6) is 0.693. The monoisotopic (exact) mass is 495 g/mol. The molecule has 186 valence electrons. The first-order chi connectivity index (χ1) is 18.0. The number of H-pyrrole nitrogens is 2. The van der Waals surface area contributed by atoms with E-state index in [1.807, 2.05) is 36.4 Å². The highest BCUT2D eigenvalue weighted by Crippen LogP contribution is 2.28. The van der Waals surface area contributed by atoms with Gasteiger partial charge >= 0.3 is 0 Å². The number of aromatic nitrogens is 3. The number of methoxy groups -OCH3 is 1. The van der Waals surface area contributed by atoms with E-state index in [0.717, 1.165) is 5.56 Å². The third-order valence-corrected chi connectivity index (χ3v) is 5.98. The number of benzene rings is 3. The smallest absolute Gasteiger partial charge is 0.261 e. The lowest BCUT2D eigenvalue weighted by atomic mass is 10.1. The summed E-state index contributed by atoms with van der Waals surface area (Å²) in [5.41, 5.74) is 3.37. The number of hydrogen-bond donors (Lipinski definition) is 5. The fourth-order valence-electron chi connectivity index (χ4n) is 4.05. The van der Waals surface area contributed by atoms with Crippen molar-refractivity contribution in [2.75, 3.05) is 24.3 Å². The molecule has 5 rings (SSSR count). The number of anilines is 2. The van der Waals surface area contributed by atoms with Crippen LogP contribution in [-0.2, 0) is 0 Å². The lowest BCUT2D eigenvalue weighted by Gasteiger charge is -2.14. The number of carbonyl (C=O) groups excluding carboxylic acids is 1. The number of hydrogen-bond acceptors (Lipinski definition) is 6. The third-order valence-electron chi connectivity index (χ3n) is 5.98. The van der Waals surface area contributed by atoms with Gasteiger partial charge in [0.1, 0.15) is 22.7 Å². The zero-order valence-electron chi connectivity index (χ0n) is 20.0. The second-order valence-corrected chi connectivity index (χ2v) is 8.37. The quantitative estimate of drug-likeness (QED) is 0.218. The Morgan fingerprint density at radius 3 is 2.54 bits per heavy atom. The minimum absolute atomic E-state index is 0.198. The third kappa shape index (κ3) is 5.07. The van der Waals surface area contributed by atoms with Gasteiger partial charge in [0, 0.05) is 18.3 Å². The largest absolute Gasteiger partial charge is 0.497 e. The first kappa shape index (κ1) is 23.8. The van der Waals surface area contributed by atoms with Gasteiger partial charge in [0.25, 0.3) is 11.5 Å². The Morgan fingerprint density at radius 2 is 1.78 bits per heavy atom. The molecule has 2 aromatic heterocycles. The van der Waals surface area contributed by atoms with Gasteiger partial charge in [0.2, 0.25) is 0 Å². The van der Waals surface area contributed by atoms with Crippen LogP contribution in [0.15, 0.2) is 89.9 Å². The molecule has 0 saturated heterocycles. The molecular weight excluding hydrogens is 470 g/mol. The molecule has 9 nitrogen and oxygen atoms in total. The molecule has 0 aliphatic heterocycles. The lowest BCUT2D eigenvalue weighted by molar-refractivity contribution is 0.102. The number of carbonyl (C=O) groups is 1. The SMILES string of the molecule is COc1ccc(C(=O)Nc2cccc3[nH]c(-c4c(NC[C@@H](O)c5ccccc5)cc[nH]c4=O)nc23)cc1. The molecule has 1 atom stereocenters. The first-order valence-electron chi connectivity index (χ1n) is 11.7. The molecule has 5 aromatic rings. The van der Waals surface area contributed by atoms with E-state index < -0.39 is 6.10 Å². The summed E-state index contributed by atoms with van der Waals surface area (Å²) in [7, 11) is 1.56. The standard InChI is InChI=1S/C28H25N5O4/c1-37-19-12-10-18(11-13-19)27(35)32-22-9-5-8-21-25(22)33-26(31-21)24-20(14-15-29-28(24)36)30-16-23(34)17-6-3-2-4-7-17/h2-15,23,34H,16H2,1H3,(H,31,33)(H,32,35)(H2,29,30,36)/t23-/m1/s1. The van der Waals surface area contributed by atoms with Gasteiger partial charge in [-0.3, -0.25) is 9.59 Å². The van der Waals surface area contributed by atoms with E-state index in [1.54, 1.807) is 49.6 Å². The summed E-state index contributed by atoms with van der Waals surface area (Å²) in [6, 6.07) is 23.1. The number of rotatable bonds is 8. The van der Waals surface area contributed by atoms with Crippen molar-refractivity contribution >= 4 is 28.3 Å². The molecule has 0 fully saturated rings. The van der Waals surface area contributed by atoms with E-state index in [1.165, 1.54) is 6.20 Å². The highest BCUT2D eigenvalue weighted by atomic mass is 16.5. The van der Waals surface area contributed by atoms with Crippen LogP contribution in [0.3, 0.4) is 0 Å². The van der Waals surface area contributed by atoms with Crippen LogP contribution in [0.4, 0.5) is 11.4 Å². The molecule has 0 radical (unpaired) electrons. The molecule has 0 aliphatic carbocycles. The Hall–Kier alpha value is -4.89. The van der Waals surface area contributed by atoms with Crippen molar-refractivity contribution in [3.8, 4) is 17.1 Å². The molecule has 9 heteroatoms. The van der Waals surface area contributed by atoms with E-state index in [-0.39, 0.29) is 18.0 Å². The Labute approximate surface area is 212 Å². The molecule has 0 spiro atoms. The number of amides is 1. The normalized spacial score (nSPS) is 11.7. The van der Waals surface area contributed by atoms with Crippen LogP contribution in [0.5, 0.6) is 5.75 Å². The van der Waals surface area contributed by atoms with Crippen LogP contribution in [0.25, 0.3) is 22.4 Å². The van der Waals surface area contributed by atoms with E-state index in [9.17, 15) is 14.7 Å². The van der Waals surface area contributed by atoms with Crippen molar-refractivity contribution in [3.63, 3.8) is 0 Å². The van der Waals surface area contributed by atoms with Crippen molar-refractivity contribution < 1.29 is 14.6 Å². The number of aliphatic hydroxyl groups excluding tert-OH is 1. The predicted molar refractivity (Wildman–Crippen MR) is 143 cm³/mol. The van der Waals surface area contributed by atoms with Gasteiger partial charge in [-0.15, -0.1) is 0 Å². The van der Waals surface area contributed by atoms with Gasteiger partial charge in [0.15, 0.2) is 0 Å². The number of imidazole rings is 1. The van der Waals surface area contributed by atoms with Crippen molar-refractivity contribution in [1.29, 1.82) is 0 Å². The number of para-hydroxylation sites is 1. The highest BCUT2D eigenvalue weighted by Gasteiger charge is 2.18. The predicted octanol–water partition coefficient (Wildman–Crippen LogP) is 4.32. The maximum absolute atomic E-state index is 12.8. The number of aromatic amines is 2. The number of aliphatic hydroxyl groups is 1. The van der Waals surface area contributed by atoms with Crippen molar-refractivity contribution in [2.45, 2.75) is 6.10 Å². The van der Waals surface area contributed by atoms with E-state index >= 15 is 0 Å². The fraction of sp³-hybridized carbons (Fsp3) is 0.107. The zero-order chi connectivity index (χ0) is 25.8. The molecular formula is C28H25N5O4. The van der Waals surface area contributed by atoms with Crippen LogP contribution in [0.1, 0.15) is 22.0 Å². The van der Waals surface area contributed by atoms with Gasteiger partial charge < -0.3 is 30.4 Å². The van der Waals surface area contributed by atoms with Crippen molar-refractivity contribution in [3.05, 3.63) is 107 Å². The molecule has 1 amide bonds. The molecule has 0 unspecified atom stereocenters. The minimum atomic E-state index is -0.760. The van der Waals surface area contributed by atoms with Crippen molar-refractivity contribution in [1.82, 2.24) is 15.0 Å². The molecule has 5 N–H and O–H groups in total. The fourth-order valence-corrected chi connectivity index (χ4v) is 4.05. The number of pyridine rings is 1. The van der Waals surface area contributed by atoms with Gasteiger partial charge in [-0.1, -0.05) is 36.4 Å². The summed E-state index contributed by atoms with van der Waals surface area (Å²) in [6.45, 7) is 0.198. The van der Waals surface area contributed by atoms with Crippen molar-refractivity contribution in [2.24, 2.45) is 0 Å². The van der Waals surface area contributed by atoms with Gasteiger partial charge in [0.05, 0.1) is 30.1 Å². The number of fused-ring (bicyclic) bond motifs is 1. The Balaban J connectivity index is 1.43. The van der Waals surface area contributed by atoms with Gasteiger partial charge in [-0.25, -0.2) is 4.98 Å². The zero-order valence-corrected chi connectivity index (χ0v) is 20.0. The van der Waals surface area contributed by atoms with Crippen LogP contribution in [-0.4, -0.2) is 39.6 Å². The summed E-state index contributed by atoms with van der Waals surface area (Å²) < 4.78 is 5.15. The molecule has 0 saturated carbocycles. The number of nitrogens with one attached hydrogen (secondary N) is 4. The highest BCUT2D eigenvalue weighted by molar-refractivity contribution is 6.08. The Bertz CT molecular complexity index is 1590. The summed E-state index contributed by atoms with van der Waals surface area (Å²) in [5, 5.41) is 16.6. The second kappa shape index (κ2) is 10.4. The minimum Gasteiger partial charge on any atom is -0.497 e. The Morgan fingerprint density at radius 1 is 1.00 bits per heavy atom. The average Bonchev–Trinajstić information content (AvgIpc) is 3.37. The first-order valence-corrected chi connectivity index (χ1v) is 11.7. The van der Waals surface area contributed by atoms with E-state index in [2.05, 4.69) is 25.6 Å². The maximum Gasteiger partial charge on any atom is 0.261 e. The number of ether oxygens (including phenoxy) is 1. The Kier molecular flexibility index (Phi) is 6.69. The summed E-state index contributed by atoms with van der Waals surface area (Å²) in [6.07, 6.45) is 0.774. The lowest BCUT2D eigenvalue weighted by Crippen LogP contribution is -2.17. The van der Waals surface area contributed by atoms with Gasteiger partial charge in [-0.05, 0) is 48.0 Å². The number of nitrogens with zero attached hydrogens (tertiary/aromatic N) is 1. The molecule has 2 heterocycles. The molecule has 0 aliphatic rings. The topological polar surface area (TPSA) is 132 Å². The van der Waals surface area contributed by atoms with Crippen LogP contribution < -0.4 is 20.9 Å². The van der Waals surface area contributed by atoms with E-state index in [0.29, 0.717) is 45.1 Å². The van der Waals surface area contributed by atoms with Gasteiger partial charge in [-0.2, -0.15) is 0 Å². The van der Waals surface area contributed by atoms with E-state index in [4.69, 9.17) is 4.74 Å². The van der Waals surface area contributed by atoms with Crippen LogP contribution >= 0.6 is 0 Å². The summed E-state index contributed by atoms with van der Waals surface area (Å²) >= 11 is 0. The van der Waals surface area contributed by atoms with Crippen LogP contribution in [0, 0.1) is 0 Å². The maximum atomic E-state index is 12.8. The molecule has 0 bridgehead atoms. The van der Waals surface area contributed by atoms with Crippen LogP contribution in [0.2, 0.25) is 0 Å². The molecule has 37 heavy (non-hydrogen) atoms. The summed E-state index contributed by atoms with van der Waals surface area (Å²) in [4.78, 5) is 36.2. The molecule has 3 aromatic carbocycles. The second-order valence-electron chi connectivity index (χ2n) is 8.37.